The molecule has 5 heterocycles. The maximum atomic E-state index is 13.0. The number of nitrogens with one attached hydrogen (secondary N) is 1. The SMILES string of the molecule is CCOC(C)n1cc(-c2ncn3nc(N[C@@H](C)CF)nc3c2N2CC3CC2C3)cn1. The summed E-state index contributed by atoms with van der Waals surface area (Å²) in [7, 11) is 0. The second kappa shape index (κ2) is 7.50. The molecule has 1 saturated carbocycles. The number of anilines is 2. The van der Waals surface area contributed by atoms with Crippen LogP contribution in [-0.4, -0.2) is 61.3 Å². The van der Waals surface area contributed by atoms with Crippen LogP contribution < -0.4 is 10.2 Å². The molecule has 0 aromatic carbocycles. The maximum absolute atomic E-state index is 13.0. The van der Waals surface area contributed by atoms with Crippen LogP contribution in [0.15, 0.2) is 18.7 Å². The van der Waals surface area contributed by atoms with E-state index in [1.165, 1.54) is 12.8 Å². The summed E-state index contributed by atoms with van der Waals surface area (Å²) in [5.41, 5.74) is 3.45. The summed E-state index contributed by atoms with van der Waals surface area (Å²) in [6, 6.07) is 0.160. The van der Waals surface area contributed by atoms with Gasteiger partial charge in [-0.05, 0) is 39.5 Å². The van der Waals surface area contributed by atoms with Crippen LogP contribution >= 0.6 is 0 Å². The lowest BCUT2D eigenvalue weighted by molar-refractivity contribution is 0.0160. The number of alkyl halides is 1. The topological polar surface area (TPSA) is 85.4 Å². The Morgan fingerprint density at radius 1 is 1.33 bits per heavy atom. The smallest absolute Gasteiger partial charge is 0.243 e. The Morgan fingerprint density at radius 3 is 2.87 bits per heavy atom. The van der Waals surface area contributed by atoms with Crippen LogP contribution in [0, 0.1) is 5.92 Å². The standard InChI is InChI=1S/C20H27FN8O/c1-4-30-13(3)28-10-15(8-23-28)17-18(27-9-14-5-16(27)6-14)19-25-20(24-12(2)7-21)26-29(19)11-22-17/h8,10-14,16H,4-7,9H2,1-3H3,(H,24,26)/t12-,13?,14?,16?/m0/s1. The number of halogens is 1. The van der Waals surface area contributed by atoms with Gasteiger partial charge in [-0.1, -0.05) is 0 Å². The van der Waals surface area contributed by atoms with Crippen molar-refractivity contribution in [2.45, 2.75) is 51.9 Å². The zero-order valence-corrected chi connectivity index (χ0v) is 17.5. The molecule has 160 valence electrons. The molecule has 0 radical (unpaired) electrons. The van der Waals surface area contributed by atoms with Gasteiger partial charge < -0.3 is 15.0 Å². The van der Waals surface area contributed by atoms with E-state index < -0.39 is 6.67 Å². The lowest BCUT2D eigenvalue weighted by Crippen LogP contribution is -2.29. The van der Waals surface area contributed by atoms with E-state index in [2.05, 4.69) is 20.4 Å². The lowest BCUT2D eigenvalue weighted by atomic mass is 9.86. The highest BCUT2D eigenvalue weighted by Crippen LogP contribution is 2.46. The Kier molecular flexibility index (Phi) is 4.80. The van der Waals surface area contributed by atoms with Crippen LogP contribution in [0.25, 0.3) is 16.9 Å². The largest absolute Gasteiger partial charge is 0.363 e. The van der Waals surface area contributed by atoms with Gasteiger partial charge >= 0.3 is 0 Å². The fraction of sp³-hybridized carbons (Fsp3) is 0.600. The molecule has 10 heteroatoms. The van der Waals surface area contributed by atoms with Crippen LogP contribution in [0.2, 0.25) is 0 Å². The van der Waals surface area contributed by atoms with E-state index in [-0.39, 0.29) is 12.3 Å². The number of ether oxygens (including phenoxy) is 1. The summed E-state index contributed by atoms with van der Waals surface area (Å²) in [4.78, 5) is 11.8. The number of hydrogen-bond donors (Lipinski definition) is 1. The molecular weight excluding hydrogens is 387 g/mol. The van der Waals surface area contributed by atoms with Gasteiger partial charge in [0.25, 0.3) is 0 Å². The third kappa shape index (κ3) is 3.19. The van der Waals surface area contributed by atoms with E-state index in [1.807, 2.05) is 26.2 Å². The molecule has 1 aliphatic carbocycles. The summed E-state index contributed by atoms with van der Waals surface area (Å²) in [5.74, 6) is 1.14. The molecule has 2 bridgehead atoms. The Labute approximate surface area is 174 Å². The number of aromatic nitrogens is 6. The minimum Gasteiger partial charge on any atom is -0.363 e. The number of hydrogen-bond acceptors (Lipinski definition) is 7. The van der Waals surface area contributed by atoms with Gasteiger partial charge in [0.1, 0.15) is 30.6 Å². The molecule has 1 N–H and O–H groups in total. The van der Waals surface area contributed by atoms with Crippen LogP contribution in [0.5, 0.6) is 0 Å². The quantitative estimate of drug-likeness (QED) is 0.607. The highest BCUT2D eigenvalue weighted by Gasteiger charge is 2.44. The van der Waals surface area contributed by atoms with Crippen molar-refractivity contribution in [1.82, 2.24) is 29.4 Å². The van der Waals surface area contributed by atoms with Crippen molar-refractivity contribution in [3.63, 3.8) is 0 Å². The van der Waals surface area contributed by atoms with Crippen molar-refractivity contribution in [3.8, 4) is 11.3 Å². The van der Waals surface area contributed by atoms with E-state index in [0.717, 1.165) is 35.1 Å². The maximum Gasteiger partial charge on any atom is 0.243 e. The molecule has 30 heavy (non-hydrogen) atoms. The first kappa shape index (κ1) is 19.2. The molecule has 2 atom stereocenters. The van der Waals surface area contributed by atoms with Gasteiger partial charge in [-0.3, -0.25) is 0 Å². The van der Waals surface area contributed by atoms with E-state index in [0.29, 0.717) is 18.6 Å². The highest BCUT2D eigenvalue weighted by atomic mass is 19.1. The van der Waals surface area contributed by atoms with Crippen molar-refractivity contribution in [2.24, 2.45) is 5.92 Å². The van der Waals surface area contributed by atoms with Crippen molar-refractivity contribution in [1.29, 1.82) is 0 Å². The third-order valence-electron chi connectivity index (χ3n) is 6.02. The first-order valence-electron chi connectivity index (χ1n) is 10.6. The summed E-state index contributed by atoms with van der Waals surface area (Å²) in [6.45, 7) is 6.83. The molecule has 9 nitrogen and oxygen atoms in total. The Bertz CT molecular complexity index is 1040. The number of rotatable bonds is 8. The fourth-order valence-electron chi connectivity index (χ4n) is 4.42. The number of nitrogens with zero attached hydrogens (tertiary/aromatic N) is 7. The average Bonchev–Trinajstić information content (AvgIpc) is 3.47. The van der Waals surface area contributed by atoms with Gasteiger partial charge in [-0.15, -0.1) is 5.10 Å². The zero-order valence-electron chi connectivity index (χ0n) is 17.5. The van der Waals surface area contributed by atoms with Crippen molar-refractivity contribution >= 4 is 17.3 Å². The molecule has 0 amide bonds. The summed E-state index contributed by atoms with van der Waals surface area (Å²) < 4.78 is 22.1. The van der Waals surface area contributed by atoms with E-state index in [1.54, 1.807) is 22.4 Å². The minimum absolute atomic E-state index is 0.151. The van der Waals surface area contributed by atoms with Gasteiger partial charge in [0.15, 0.2) is 5.65 Å². The summed E-state index contributed by atoms with van der Waals surface area (Å²) >= 11 is 0. The lowest BCUT2D eigenvalue weighted by Gasteiger charge is -2.28. The Hall–Kier alpha value is -2.75. The Morgan fingerprint density at radius 2 is 2.17 bits per heavy atom. The average molecular weight is 414 g/mol. The van der Waals surface area contributed by atoms with Gasteiger partial charge in [0.2, 0.25) is 5.95 Å². The molecule has 0 spiro atoms. The second-order valence-electron chi connectivity index (χ2n) is 8.25. The number of fused-ring (bicyclic) bond motifs is 2. The van der Waals surface area contributed by atoms with Crippen LogP contribution in [0.4, 0.5) is 16.0 Å². The van der Waals surface area contributed by atoms with Gasteiger partial charge in [-0.2, -0.15) is 14.6 Å². The minimum atomic E-state index is -0.487. The second-order valence-corrected chi connectivity index (χ2v) is 8.25. The molecule has 6 rings (SSSR count). The first-order chi connectivity index (χ1) is 14.6. The van der Waals surface area contributed by atoms with Gasteiger partial charge in [0, 0.05) is 31.0 Å². The van der Waals surface area contributed by atoms with E-state index in [4.69, 9.17) is 14.7 Å². The predicted molar refractivity (Wildman–Crippen MR) is 111 cm³/mol. The normalized spacial score (nSPS) is 22.3. The van der Waals surface area contributed by atoms with Crippen molar-refractivity contribution in [3.05, 3.63) is 18.7 Å². The molecule has 2 saturated heterocycles. The first-order valence-corrected chi connectivity index (χ1v) is 10.6. The summed E-state index contributed by atoms with van der Waals surface area (Å²) in [5, 5.41) is 12.0. The molecule has 3 aliphatic rings. The van der Waals surface area contributed by atoms with Crippen LogP contribution in [0.3, 0.4) is 0 Å². The monoisotopic (exact) mass is 414 g/mol. The molecule has 2 aliphatic heterocycles. The van der Waals surface area contributed by atoms with Gasteiger partial charge in [0.05, 0.1) is 12.2 Å². The van der Waals surface area contributed by atoms with Crippen molar-refractivity contribution in [2.75, 3.05) is 30.0 Å². The fourth-order valence-corrected chi connectivity index (χ4v) is 4.42. The zero-order chi connectivity index (χ0) is 20.8. The molecular formula is C20H27FN8O. The van der Waals surface area contributed by atoms with Crippen LogP contribution in [0.1, 0.15) is 39.8 Å². The van der Waals surface area contributed by atoms with E-state index >= 15 is 0 Å². The Balaban J connectivity index is 1.59. The van der Waals surface area contributed by atoms with E-state index in [9.17, 15) is 4.39 Å². The molecule has 3 aromatic heterocycles. The third-order valence-corrected chi connectivity index (χ3v) is 6.02. The van der Waals surface area contributed by atoms with Crippen molar-refractivity contribution < 1.29 is 9.13 Å². The molecule has 1 unspecified atom stereocenters. The van der Waals surface area contributed by atoms with Crippen LogP contribution in [-0.2, 0) is 4.74 Å². The molecule has 3 fully saturated rings. The highest BCUT2D eigenvalue weighted by molar-refractivity contribution is 5.86. The van der Waals surface area contributed by atoms with Gasteiger partial charge in [-0.25, -0.2) is 14.1 Å². The molecule has 3 aromatic rings. The summed E-state index contributed by atoms with van der Waals surface area (Å²) in [6.07, 6.45) is 7.71. The predicted octanol–water partition coefficient (Wildman–Crippen LogP) is 2.91.